The molecule has 12 heteroatoms. The van der Waals surface area contributed by atoms with Gasteiger partial charge in [0.15, 0.2) is 0 Å². The van der Waals surface area contributed by atoms with Gasteiger partial charge < -0.3 is 30.4 Å². The molecule has 4 N–H and O–H groups in total. The highest BCUT2D eigenvalue weighted by atomic mass is 16.7. The van der Waals surface area contributed by atoms with Crippen molar-refractivity contribution in [1.29, 1.82) is 5.41 Å². The number of nitrogen functional groups attached to an aromatic ring is 1. The summed E-state index contributed by atoms with van der Waals surface area (Å²) >= 11 is 0. The van der Waals surface area contributed by atoms with Gasteiger partial charge in [-0.05, 0) is 48.7 Å². The molecule has 2 aliphatic heterocycles. The Morgan fingerprint density at radius 3 is 2.38 bits per heavy atom. The SMILES string of the molecule is CC(=O)N(C)CCCCCC(=O)ON1C(=O)CCC1=O.N=c1ccc2c(-c3ccccc3C(=O)O)c3ccc(N)cc3oc-2c1. The third-order valence-corrected chi connectivity index (χ3v) is 7.28. The molecule has 0 radical (unpaired) electrons. The normalized spacial score (nSPS) is 12.6. The number of imide groups is 1. The number of hydrogen-bond donors (Lipinski definition) is 3. The maximum absolute atomic E-state index is 11.7. The first-order chi connectivity index (χ1) is 21.5. The van der Waals surface area contributed by atoms with Crippen molar-refractivity contribution in [3.05, 3.63) is 71.6 Å². The van der Waals surface area contributed by atoms with Crippen LogP contribution in [0, 0.1) is 5.41 Å². The first-order valence-electron chi connectivity index (χ1n) is 14.4. The lowest BCUT2D eigenvalue weighted by Crippen LogP contribution is -2.31. The number of aromatic carboxylic acids is 1. The summed E-state index contributed by atoms with van der Waals surface area (Å²) in [6.07, 6.45) is 2.52. The molecule has 234 valence electrons. The summed E-state index contributed by atoms with van der Waals surface area (Å²) in [6.45, 7) is 2.15. The summed E-state index contributed by atoms with van der Waals surface area (Å²) < 4.78 is 5.92. The fourth-order valence-corrected chi connectivity index (χ4v) is 4.84. The molecule has 0 aromatic heterocycles. The number of unbranched alkanes of at least 4 members (excludes halogenated alkanes) is 2. The van der Waals surface area contributed by atoms with Crippen LogP contribution in [0.15, 0.2) is 65.1 Å². The number of rotatable bonds is 9. The molecule has 45 heavy (non-hydrogen) atoms. The van der Waals surface area contributed by atoms with Gasteiger partial charge in [0.25, 0.3) is 11.8 Å². The predicted molar refractivity (Wildman–Crippen MR) is 164 cm³/mol. The van der Waals surface area contributed by atoms with E-state index in [-0.39, 0.29) is 30.7 Å². The van der Waals surface area contributed by atoms with Crippen molar-refractivity contribution in [1.82, 2.24) is 9.96 Å². The largest absolute Gasteiger partial charge is 0.478 e. The molecule has 2 aromatic rings. The molecule has 12 nitrogen and oxygen atoms in total. The lowest BCUT2D eigenvalue weighted by Gasteiger charge is -2.16. The van der Waals surface area contributed by atoms with E-state index in [0.717, 1.165) is 29.4 Å². The number of amides is 3. The van der Waals surface area contributed by atoms with Crippen LogP contribution in [0.3, 0.4) is 0 Å². The molecule has 0 atom stereocenters. The van der Waals surface area contributed by atoms with Gasteiger partial charge in [-0.25, -0.2) is 9.59 Å². The van der Waals surface area contributed by atoms with Crippen molar-refractivity contribution >= 4 is 46.3 Å². The van der Waals surface area contributed by atoms with E-state index in [1.165, 1.54) is 6.92 Å². The number of hydroxylamine groups is 2. The van der Waals surface area contributed by atoms with Crippen LogP contribution in [0.2, 0.25) is 0 Å². The fourth-order valence-electron chi connectivity index (χ4n) is 4.84. The van der Waals surface area contributed by atoms with Crippen LogP contribution in [0.4, 0.5) is 5.69 Å². The lowest BCUT2D eigenvalue weighted by atomic mass is 9.91. The van der Waals surface area contributed by atoms with E-state index < -0.39 is 23.8 Å². The summed E-state index contributed by atoms with van der Waals surface area (Å²) in [5.41, 5.74) is 9.30. The highest BCUT2D eigenvalue weighted by Gasteiger charge is 2.32. The summed E-state index contributed by atoms with van der Waals surface area (Å²) in [5, 5.41) is 19.1. The highest BCUT2D eigenvalue weighted by molar-refractivity contribution is 6.07. The maximum atomic E-state index is 11.7. The molecule has 0 unspecified atom stereocenters. The van der Waals surface area contributed by atoms with Gasteiger partial charge in [-0.3, -0.25) is 14.4 Å². The van der Waals surface area contributed by atoms with E-state index in [1.807, 2.05) is 6.07 Å². The average molecular weight is 615 g/mol. The standard InChI is InChI=1S/C20H14N2O3.C13H20N2O5/c21-11-5-7-15-17(9-11)25-18-10-12(22)6-8-16(18)19(15)13-3-1-2-4-14(13)20(23)24;1-10(16)14(2)9-5-3-4-6-13(19)20-15-11(17)7-8-12(15)18/h1-10,21H,22H2,(H,23,24);3-9H2,1-2H3. The third-order valence-electron chi connectivity index (χ3n) is 7.28. The number of hydrogen-bond acceptors (Lipinski definition) is 9. The average Bonchev–Trinajstić information content (AvgIpc) is 3.31. The van der Waals surface area contributed by atoms with Crippen molar-refractivity contribution in [2.45, 2.75) is 45.4 Å². The van der Waals surface area contributed by atoms with E-state index in [4.69, 9.17) is 20.4 Å². The lowest BCUT2D eigenvalue weighted by molar-refractivity contribution is -0.197. The molecule has 3 aliphatic rings. The van der Waals surface area contributed by atoms with E-state index in [1.54, 1.807) is 66.5 Å². The van der Waals surface area contributed by atoms with Gasteiger partial charge in [0.1, 0.15) is 11.3 Å². The van der Waals surface area contributed by atoms with Crippen molar-refractivity contribution in [3.63, 3.8) is 0 Å². The van der Waals surface area contributed by atoms with Crippen LogP contribution in [-0.4, -0.2) is 58.3 Å². The van der Waals surface area contributed by atoms with Crippen LogP contribution < -0.4 is 11.1 Å². The summed E-state index contributed by atoms with van der Waals surface area (Å²) in [7, 11) is 1.72. The Balaban J connectivity index is 0.000000211. The molecule has 0 saturated carbocycles. The number of carboxylic acids is 1. The van der Waals surface area contributed by atoms with Crippen LogP contribution in [0.25, 0.3) is 33.4 Å². The number of nitrogens with zero attached hydrogens (tertiary/aromatic N) is 2. The summed E-state index contributed by atoms with van der Waals surface area (Å²) in [6, 6.07) is 17.2. The monoisotopic (exact) mass is 614 g/mol. The minimum atomic E-state index is -0.995. The van der Waals surface area contributed by atoms with Crippen molar-refractivity contribution in [2.75, 3.05) is 19.3 Å². The number of anilines is 1. The number of carboxylic acid groups (broad SMARTS) is 1. The Hall–Kier alpha value is -5.52. The Bertz CT molecular complexity index is 1780. The van der Waals surface area contributed by atoms with E-state index in [0.29, 0.717) is 46.0 Å². The van der Waals surface area contributed by atoms with Gasteiger partial charge in [-0.15, -0.1) is 5.06 Å². The molecule has 1 saturated heterocycles. The van der Waals surface area contributed by atoms with Gasteiger partial charge >= 0.3 is 11.9 Å². The number of carbonyl (C=O) groups is 5. The zero-order valence-corrected chi connectivity index (χ0v) is 25.0. The highest BCUT2D eigenvalue weighted by Crippen LogP contribution is 2.41. The van der Waals surface area contributed by atoms with E-state index in [9.17, 15) is 29.1 Å². The fraction of sp³-hybridized carbons (Fsp3) is 0.273. The van der Waals surface area contributed by atoms with Gasteiger partial charge in [0, 0.05) is 74.1 Å². The molecule has 0 bridgehead atoms. The molecule has 2 heterocycles. The quantitative estimate of drug-likeness (QED) is 0.105. The van der Waals surface area contributed by atoms with Gasteiger partial charge in [0.2, 0.25) is 5.91 Å². The van der Waals surface area contributed by atoms with Gasteiger partial charge in [0.05, 0.1) is 10.9 Å². The van der Waals surface area contributed by atoms with Crippen molar-refractivity contribution < 1.29 is 38.3 Å². The molecule has 1 fully saturated rings. The predicted octanol–water partition coefficient (Wildman–Crippen LogP) is 4.60. The smallest absolute Gasteiger partial charge is 0.336 e. The number of benzene rings is 3. The summed E-state index contributed by atoms with van der Waals surface area (Å²) in [5.74, 6) is -1.98. The van der Waals surface area contributed by atoms with Crippen LogP contribution in [-0.2, 0) is 24.0 Å². The zero-order chi connectivity index (χ0) is 32.7. The number of nitrogens with two attached hydrogens (primary N) is 1. The zero-order valence-electron chi connectivity index (χ0n) is 25.0. The molecular formula is C33H34N4O8. The first kappa shape index (κ1) is 32.4. The Kier molecular flexibility index (Phi) is 10.3. The third kappa shape index (κ3) is 7.91. The Morgan fingerprint density at radius 1 is 0.978 bits per heavy atom. The second-order valence-electron chi connectivity index (χ2n) is 10.6. The van der Waals surface area contributed by atoms with Crippen LogP contribution in [0.1, 0.15) is 55.8 Å². The molecule has 1 aliphatic carbocycles. The second kappa shape index (κ2) is 14.3. The van der Waals surface area contributed by atoms with Crippen molar-refractivity contribution in [3.8, 4) is 22.5 Å². The van der Waals surface area contributed by atoms with E-state index in [2.05, 4.69) is 0 Å². The number of nitrogens with one attached hydrogen (secondary N) is 1. The molecule has 5 rings (SSSR count). The topological polar surface area (TPSA) is 184 Å². The molecule has 0 spiro atoms. The molecule has 3 amide bonds. The van der Waals surface area contributed by atoms with Crippen LogP contribution in [0.5, 0.6) is 0 Å². The second-order valence-corrected chi connectivity index (χ2v) is 10.6. The molecular weight excluding hydrogens is 580 g/mol. The maximum Gasteiger partial charge on any atom is 0.336 e. The van der Waals surface area contributed by atoms with Gasteiger partial charge in [-0.2, -0.15) is 0 Å². The minimum absolute atomic E-state index is 0.00969. The summed E-state index contributed by atoms with van der Waals surface area (Å²) in [4.78, 5) is 62.9. The Labute approximate surface area is 258 Å². The molecule has 2 aromatic carbocycles. The number of carbonyl (C=O) groups excluding carboxylic acids is 4. The first-order valence-corrected chi connectivity index (χ1v) is 14.4. The van der Waals surface area contributed by atoms with Crippen LogP contribution >= 0.6 is 0 Å². The van der Waals surface area contributed by atoms with Crippen molar-refractivity contribution in [2.24, 2.45) is 0 Å². The Morgan fingerprint density at radius 2 is 1.69 bits per heavy atom. The van der Waals surface area contributed by atoms with E-state index >= 15 is 0 Å². The number of fused-ring (bicyclic) bond motifs is 2. The minimum Gasteiger partial charge on any atom is -0.478 e. The van der Waals surface area contributed by atoms with Gasteiger partial charge in [-0.1, -0.05) is 24.6 Å².